The van der Waals surface area contributed by atoms with Crippen LogP contribution < -0.4 is 5.32 Å². The third-order valence-corrected chi connectivity index (χ3v) is 2.81. The maximum atomic E-state index is 11.9. The SMILES string of the molecule is COC(=O)c1cc(NC(=O)COC(=O)C=C(C)C)cc(C(=O)OC)c1. The van der Waals surface area contributed by atoms with Gasteiger partial charge in [0.05, 0.1) is 25.3 Å². The molecule has 0 saturated heterocycles. The van der Waals surface area contributed by atoms with Gasteiger partial charge < -0.3 is 19.5 Å². The van der Waals surface area contributed by atoms with Crippen LogP contribution in [0.25, 0.3) is 0 Å². The zero-order valence-electron chi connectivity index (χ0n) is 14.4. The minimum absolute atomic E-state index is 0.0576. The van der Waals surface area contributed by atoms with E-state index in [2.05, 4.69) is 14.8 Å². The van der Waals surface area contributed by atoms with Gasteiger partial charge in [-0.1, -0.05) is 5.57 Å². The maximum absolute atomic E-state index is 11.9. The van der Waals surface area contributed by atoms with Gasteiger partial charge in [-0.3, -0.25) is 4.79 Å². The Balaban J connectivity index is 2.91. The molecule has 0 aliphatic heterocycles. The number of anilines is 1. The molecule has 1 aromatic rings. The van der Waals surface area contributed by atoms with Crippen molar-refractivity contribution in [2.75, 3.05) is 26.1 Å². The number of methoxy groups -OCH3 is 2. The molecule has 1 amide bonds. The van der Waals surface area contributed by atoms with Gasteiger partial charge in [0, 0.05) is 11.8 Å². The lowest BCUT2D eigenvalue weighted by atomic mass is 10.1. The number of benzene rings is 1. The minimum Gasteiger partial charge on any atom is -0.465 e. The lowest BCUT2D eigenvalue weighted by molar-refractivity contribution is -0.142. The number of rotatable bonds is 6. The molecule has 25 heavy (non-hydrogen) atoms. The molecule has 0 aliphatic rings. The molecule has 0 unspecified atom stereocenters. The molecule has 1 aromatic carbocycles. The lowest BCUT2D eigenvalue weighted by Gasteiger charge is -2.09. The summed E-state index contributed by atoms with van der Waals surface area (Å²) in [6.07, 6.45) is 1.25. The second kappa shape index (κ2) is 9.21. The topological polar surface area (TPSA) is 108 Å². The van der Waals surface area contributed by atoms with E-state index in [0.29, 0.717) is 0 Å². The first-order valence-corrected chi connectivity index (χ1v) is 7.20. The van der Waals surface area contributed by atoms with Crippen LogP contribution in [0.4, 0.5) is 5.69 Å². The normalized spacial score (nSPS) is 9.60. The van der Waals surface area contributed by atoms with Crippen LogP contribution in [-0.4, -0.2) is 44.6 Å². The number of amides is 1. The van der Waals surface area contributed by atoms with Crippen LogP contribution in [0.2, 0.25) is 0 Å². The van der Waals surface area contributed by atoms with Crippen LogP contribution in [0.15, 0.2) is 29.8 Å². The van der Waals surface area contributed by atoms with Crippen LogP contribution in [-0.2, 0) is 23.8 Å². The number of carbonyl (C=O) groups excluding carboxylic acids is 4. The third kappa shape index (κ3) is 6.46. The Hall–Kier alpha value is -3.16. The minimum atomic E-state index is -0.684. The second-order valence-electron chi connectivity index (χ2n) is 5.16. The fraction of sp³-hybridized carbons (Fsp3) is 0.294. The monoisotopic (exact) mass is 349 g/mol. The van der Waals surface area contributed by atoms with Gasteiger partial charge in [-0.25, -0.2) is 14.4 Å². The smallest absolute Gasteiger partial charge is 0.337 e. The van der Waals surface area contributed by atoms with Crippen molar-refractivity contribution in [1.29, 1.82) is 0 Å². The molecule has 1 rings (SSSR count). The highest BCUT2D eigenvalue weighted by Gasteiger charge is 2.15. The zero-order chi connectivity index (χ0) is 19.0. The number of esters is 3. The van der Waals surface area contributed by atoms with Gasteiger partial charge in [-0.2, -0.15) is 0 Å². The molecule has 0 spiro atoms. The first-order valence-electron chi connectivity index (χ1n) is 7.20. The van der Waals surface area contributed by atoms with Crippen molar-refractivity contribution in [2.24, 2.45) is 0 Å². The number of ether oxygens (including phenoxy) is 3. The summed E-state index contributed by atoms with van der Waals surface area (Å²) in [6, 6.07) is 3.93. The maximum Gasteiger partial charge on any atom is 0.337 e. The summed E-state index contributed by atoms with van der Waals surface area (Å²) in [7, 11) is 2.38. The Morgan fingerprint density at radius 1 is 0.960 bits per heavy atom. The first kappa shape index (κ1) is 19.9. The predicted molar refractivity (Wildman–Crippen MR) is 88.1 cm³/mol. The van der Waals surface area contributed by atoms with Gasteiger partial charge in [-0.15, -0.1) is 0 Å². The Kier molecular flexibility index (Phi) is 7.33. The average molecular weight is 349 g/mol. The van der Waals surface area contributed by atoms with Crippen LogP contribution in [0.1, 0.15) is 34.6 Å². The predicted octanol–water partition coefficient (Wildman–Crippen LogP) is 1.71. The van der Waals surface area contributed by atoms with E-state index in [-0.39, 0.29) is 16.8 Å². The average Bonchev–Trinajstić information content (AvgIpc) is 2.57. The van der Waals surface area contributed by atoms with Gasteiger partial charge in [-0.05, 0) is 32.0 Å². The largest absolute Gasteiger partial charge is 0.465 e. The Morgan fingerprint density at radius 2 is 1.48 bits per heavy atom. The molecule has 0 radical (unpaired) electrons. The van der Waals surface area contributed by atoms with Crippen molar-refractivity contribution < 1.29 is 33.4 Å². The van der Waals surface area contributed by atoms with Gasteiger partial charge in [0.25, 0.3) is 5.91 Å². The summed E-state index contributed by atoms with van der Waals surface area (Å²) in [6.45, 7) is 2.92. The third-order valence-electron chi connectivity index (χ3n) is 2.81. The Bertz CT molecular complexity index is 683. The summed E-state index contributed by atoms with van der Waals surface area (Å²) >= 11 is 0. The number of carbonyl (C=O) groups is 4. The molecule has 0 bridgehead atoms. The number of hydrogen-bond acceptors (Lipinski definition) is 7. The van der Waals surface area contributed by atoms with Crippen molar-refractivity contribution >= 4 is 29.5 Å². The summed E-state index contributed by atoms with van der Waals surface area (Å²) in [5.41, 5.74) is 1.01. The second-order valence-corrected chi connectivity index (χ2v) is 5.16. The molecule has 0 aliphatic carbocycles. The summed E-state index contributed by atoms with van der Waals surface area (Å²) in [5.74, 6) is -2.64. The van der Waals surface area contributed by atoms with Crippen molar-refractivity contribution in [3.63, 3.8) is 0 Å². The molecular formula is C17H19NO7. The highest BCUT2D eigenvalue weighted by atomic mass is 16.5. The van der Waals surface area contributed by atoms with E-state index >= 15 is 0 Å². The van der Waals surface area contributed by atoms with E-state index < -0.39 is 30.4 Å². The molecule has 0 saturated carbocycles. The highest BCUT2D eigenvalue weighted by Crippen LogP contribution is 2.17. The molecule has 134 valence electrons. The van der Waals surface area contributed by atoms with Crippen molar-refractivity contribution in [3.05, 3.63) is 41.0 Å². The highest BCUT2D eigenvalue weighted by molar-refractivity contribution is 6.00. The fourth-order valence-corrected chi connectivity index (χ4v) is 1.78. The van der Waals surface area contributed by atoms with Gasteiger partial charge in [0.2, 0.25) is 0 Å². The van der Waals surface area contributed by atoms with Gasteiger partial charge in [0.1, 0.15) is 0 Å². The number of hydrogen-bond donors (Lipinski definition) is 1. The van der Waals surface area contributed by atoms with Crippen LogP contribution in [0, 0.1) is 0 Å². The van der Waals surface area contributed by atoms with E-state index in [1.807, 2.05) is 0 Å². The van der Waals surface area contributed by atoms with Crippen LogP contribution >= 0.6 is 0 Å². The van der Waals surface area contributed by atoms with Gasteiger partial charge in [0.15, 0.2) is 6.61 Å². The molecule has 0 atom stereocenters. The molecule has 0 fully saturated rings. The van der Waals surface area contributed by atoms with Crippen LogP contribution in [0.5, 0.6) is 0 Å². The van der Waals surface area contributed by atoms with Crippen LogP contribution in [0.3, 0.4) is 0 Å². The molecule has 1 N–H and O–H groups in total. The molecule has 8 nitrogen and oxygen atoms in total. The number of nitrogens with one attached hydrogen (secondary N) is 1. The zero-order valence-corrected chi connectivity index (χ0v) is 14.4. The number of allylic oxidation sites excluding steroid dienone is 1. The molecule has 0 heterocycles. The van der Waals surface area contributed by atoms with E-state index in [9.17, 15) is 19.2 Å². The van der Waals surface area contributed by atoms with E-state index in [0.717, 1.165) is 5.57 Å². The standard InChI is InChI=1S/C17H19NO7/c1-10(2)5-15(20)25-9-14(19)18-13-7-11(16(21)23-3)6-12(8-13)17(22)24-4/h5-8H,9H2,1-4H3,(H,18,19). The first-order chi connectivity index (χ1) is 11.8. The quantitative estimate of drug-likeness (QED) is 0.473. The lowest BCUT2D eigenvalue weighted by Crippen LogP contribution is -2.21. The summed E-state index contributed by atoms with van der Waals surface area (Å²) in [4.78, 5) is 46.6. The fourth-order valence-electron chi connectivity index (χ4n) is 1.78. The van der Waals surface area contributed by atoms with Crippen molar-refractivity contribution in [1.82, 2.24) is 0 Å². The summed E-state index contributed by atoms with van der Waals surface area (Å²) < 4.78 is 14.0. The molecule has 0 aromatic heterocycles. The van der Waals surface area contributed by atoms with E-state index in [4.69, 9.17) is 4.74 Å². The Labute approximate surface area is 144 Å². The summed E-state index contributed by atoms with van der Waals surface area (Å²) in [5, 5.41) is 2.44. The molecular weight excluding hydrogens is 330 g/mol. The van der Waals surface area contributed by atoms with E-state index in [1.165, 1.54) is 38.5 Å². The molecule has 8 heteroatoms. The Morgan fingerprint density at radius 3 is 1.92 bits per heavy atom. The van der Waals surface area contributed by atoms with E-state index in [1.54, 1.807) is 13.8 Å². The van der Waals surface area contributed by atoms with Gasteiger partial charge >= 0.3 is 17.9 Å². The van der Waals surface area contributed by atoms with Crippen molar-refractivity contribution in [3.8, 4) is 0 Å². The van der Waals surface area contributed by atoms with Crippen molar-refractivity contribution in [2.45, 2.75) is 13.8 Å².